The van der Waals surface area contributed by atoms with Crippen LogP contribution in [-0.2, 0) is 16.1 Å². The van der Waals surface area contributed by atoms with E-state index in [1.807, 2.05) is 52.0 Å². The van der Waals surface area contributed by atoms with E-state index in [1.54, 1.807) is 6.20 Å². The zero-order valence-corrected chi connectivity index (χ0v) is 18.4. The minimum atomic E-state index is -0.436. The molecule has 2 aliphatic rings. The predicted molar refractivity (Wildman–Crippen MR) is 116 cm³/mol. The molecule has 0 radical (unpaired) electrons. The summed E-state index contributed by atoms with van der Waals surface area (Å²) >= 11 is 3.51. The molecule has 2 unspecified atom stereocenters. The molecule has 0 saturated carbocycles. The van der Waals surface area contributed by atoms with Gasteiger partial charge < -0.3 is 9.64 Å². The SMILES string of the molecule is O=C(OCc1ccccc1)N1CC(=O)N2CC(c3nc(Br)n4ccncc34)CCC2C1. The van der Waals surface area contributed by atoms with Crippen molar-refractivity contribution in [1.82, 2.24) is 24.2 Å². The van der Waals surface area contributed by atoms with Crippen LogP contribution in [0.15, 0.2) is 53.7 Å². The maximum atomic E-state index is 12.9. The molecular weight excluding hydrogens is 462 g/mol. The molecule has 1 aromatic carbocycles. The lowest BCUT2D eigenvalue weighted by Gasteiger charge is -2.45. The fourth-order valence-electron chi connectivity index (χ4n) is 4.49. The molecule has 2 aliphatic heterocycles. The van der Waals surface area contributed by atoms with Gasteiger partial charge in [-0.1, -0.05) is 30.3 Å². The van der Waals surface area contributed by atoms with Gasteiger partial charge in [0.25, 0.3) is 0 Å². The number of halogens is 1. The van der Waals surface area contributed by atoms with Gasteiger partial charge in [-0.2, -0.15) is 0 Å². The number of hydrogen-bond acceptors (Lipinski definition) is 5. The fourth-order valence-corrected chi connectivity index (χ4v) is 4.99. The number of carbonyl (C=O) groups excluding carboxylic acids is 2. The Balaban J connectivity index is 1.25. The van der Waals surface area contributed by atoms with Crippen LogP contribution in [0.1, 0.15) is 30.0 Å². The highest BCUT2D eigenvalue weighted by molar-refractivity contribution is 9.10. The summed E-state index contributed by atoms with van der Waals surface area (Å²) in [5.41, 5.74) is 2.83. The average Bonchev–Trinajstić information content (AvgIpc) is 3.14. The van der Waals surface area contributed by atoms with E-state index in [0.717, 1.165) is 34.3 Å². The van der Waals surface area contributed by atoms with Crippen molar-refractivity contribution < 1.29 is 14.3 Å². The summed E-state index contributed by atoms with van der Waals surface area (Å²) in [6.45, 7) is 1.36. The van der Waals surface area contributed by atoms with Crippen LogP contribution in [0.25, 0.3) is 5.52 Å². The van der Waals surface area contributed by atoms with Gasteiger partial charge in [0, 0.05) is 37.4 Å². The first kappa shape index (κ1) is 20.0. The van der Waals surface area contributed by atoms with Crippen molar-refractivity contribution in [2.75, 3.05) is 19.6 Å². The highest BCUT2D eigenvalue weighted by Crippen LogP contribution is 2.34. The second kappa shape index (κ2) is 8.30. The molecule has 160 valence electrons. The van der Waals surface area contributed by atoms with E-state index in [-0.39, 0.29) is 31.0 Å². The molecule has 0 spiro atoms. The minimum Gasteiger partial charge on any atom is -0.445 e. The number of ether oxygens (including phenoxy) is 1. The van der Waals surface area contributed by atoms with E-state index in [9.17, 15) is 9.59 Å². The summed E-state index contributed by atoms with van der Waals surface area (Å²) in [5.74, 6) is 0.0978. The molecule has 5 rings (SSSR count). The second-order valence-corrected chi connectivity index (χ2v) is 8.70. The van der Waals surface area contributed by atoms with Crippen LogP contribution in [0.4, 0.5) is 4.79 Å². The number of piperazine rings is 1. The smallest absolute Gasteiger partial charge is 0.410 e. The Labute approximate surface area is 188 Å². The molecule has 2 atom stereocenters. The lowest BCUT2D eigenvalue weighted by Crippen LogP contribution is -2.60. The second-order valence-electron chi connectivity index (χ2n) is 7.99. The Morgan fingerprint density at radius 2 is 2.03 bits per heavy atom. The Morgan fingerprint density at radius 1 is 1.19 bits per heavy atom. The van der Waals surface area contributed by atoms with Crippen molar-refractivity contribution >= 4 is 33.4 Å². The number of rotatable bonds is 3. The van der Waals surface area contributed by atoms with Crippen LogP contribution < -0.4 is 0 Å². The number of hydrogen-bond donors (Lipinski definition) is 0. The van der Waals surface area contributed by atoms with Gasteiger partial charge in [-0.15, -0.1) is 0 Å². The van der Waals surface area contributed by atoms with Gasteiger partial charge in [0.05, 0.1) is 17.4 Å². The van der Waals surface area contributed by atoms with Crippen molar-refractivity contribution in [2.45, 2.75) is 31.4 Å². The molecule has 0 aliphatic carbocycles. The van der Waals surface area contributed by atoms with Crippen LogP contribution in [-0.4, -0.2) is 61.8 Å². The first-order valence-corrected chi connectivity index (χ1v) is 11.1. The number of carbonyl (C=O) groups is 2. The monoisotopic (exact) mass is 483 g/mol. The highest BCUT2D eigenvalue weighted by atomic mass is 79.9. The number of piperidine rings is 1. The number of amides is 2. The van der Waals surface area contributed by atoms with Crippen LogP contribution >= 0.6 is 15.9 Å². The largest absolute Gasteiger partial charge is 0.445 e. The average molecular weight is 484 g/mol. The summed E-state index contributed by atoms with van der Waals surface area (Å²) in [6, 6.07) is 9.55. The minimum absolute atomic E-state index is 0.0113. The summed E-state index contributed by atoms with van der Waals surface area (Å²) in [4.78, 5) is 37.8. The maximum Gasteiger partial charge on any atom is 0.410 e. The lowest BCUT2D eigenvalue weighted by atomic mass is 9.88. The van der Waals surface area contributed by atoms with Gasteiger partial charge >= 0.3 is 6.09 Å². The number of aromatic nitrogens is 3. The molecule has 3 aromatic rings. The molecule has 0 bridgehead atoms. The standard InChI is InChI=1S/C22H22BrN5O3/c23-21-25-20(18-10-24-8-9-27(18)21)16-6-7-17-12-26(13-19(29)28(17)11-16)22(30)31-14-15-4-2-1-3-5-15/h1-5,8-10,16-17H,6-7,11-14H2. The van der Waals surface area contributed by atoms with E-state index < -0.39 is 6.09 Å². The van der Waals surface area contributed by atoms with Crippen LogP contribution in [0.3, 0.4) is 0 Å². The topological polar surface area (TPSA) is 80.0 Å². The van der Waals surface area contributed by atoms with Gasteiger partial charge in [0.15, 0.2) is 4.73 Å². The molecule has 2 saturated heterocycles. The van der Waals surface area contributed by atoms with Crippen LogP contribution in [0.2, 0.25) is 0 Å². The first-order valence-electron chi connectivity index (χ1n) is 10.3. The lowest BCUT2D eigenvalue weighted by molar-refractivity contribution is -0.141. The van der Waals surface area contributed by atoms with Gasteiger partial charge in [0.1, 0.15) is 13.2 Å². The molecular formula is C22H22BrN5O3. The third-order valence-corrected chi connectivity index (χ3v) is 6.63. The molecule has 9 heteroatoms. The van der Waals surface area contributed by atoms with E-state index in [4.69, 9.17) is 4.74 Å². The van der Waals surface area contributed by atoms with Gasteiger partial charge in [-0.05, 0) is 34.3 Å². The Kier molecular flexibility index (Phi) is 5.35. The first-order chi connectivity index (χ1) is 15.1. The van der Waals surface area contributed by atoms with Gasteiger partial charge in [-0.3, -0.25) is 19.1 Å². The number of imidazole rings is 1. The number of nitrogens with zero attached hydrogens (tertiary/aromatic N) is 5. The molecule has 31 heavy (non-hydrogen) atoms. The van der Waals surface area contributed by atoms with E-state index in [1.165, 1.54) is 4.90 Å². The van der Waals surface area contributed by atoms with Gasteiger partial charge in [0.2, 0.25) is 5.91 Å². The van der Waals surface area contributed by atoms with Gasteiger partial charge in [-0.25, -0.2) is 9.78 Å². The third-order valence-electron chi connectivity index (χ3n) is 6.07. The van der Waals surface area contributed by atoms with E-state index >= 15 is 0 Å². The quantitative estimate of drug-likeness (QED) is 0.571. The predicted octanol–water partition coefficient (Wildman–Crippen LogP) is 3.22. The molecule has 8 nitrogen and oxygen atoms in total. The zero-order chi connectivity index (χ0) is 21.4. The zero-order valence-electron chi connectivity index (χ0n) is 16.9. The maximum absolute atomic E-state index is 12.9. The van der Waals surface area contributed by atoms with E-state index in [0.29, 0.717) is 13.1 Å². The Hall–Kier alpha value is -2.94. The Bertz CT molecular complexity index is 1120. The van der Waals surface area contributed by atoms with Crippen LogP contribution in [0, 0.1) is 0 Å². The van der Waals surface area contributed by atoms with Crippen molar-refractivity contribution in [2.24, 2.45) is 0 Å². The molecule has 2 fully saturated rings. The molecule has 4 heterocycles. The number of benzene rings is 1. The summed E-state index contributed by atoms with van der Waals surface area (Å²) in [5, 5.41) is 0. The third kappa shape index (κ3) is 3.89. The summed E-state index contributed by atoms with van der Waals surface area (Å²) in [7, 11) is 0. The molecule has 2 aromatic heterocycles. The summed E-state index contributed by atoms with van der Waals surface area (Å²) < 4.78 is 8.12. The van der Waals surface area contributed by atoms with Crippen LogP contribution in [0.5, 0.6) is 0 Å². The fraction of sp³-hybridized carbons (Fsp3) is 0.364. The summed E-state index contributed by atoms with van der Waals surface area (Å²) in [6.07, 6.45) is 6.67. The van der Waals surface area contributed by atoms with Crippen molar-refractivity contribution in [1.29, 1.82) is 0 Å². The van der Waals surface area contributed by atoms with Crippen molar-refractivity contribution in [3.8, 4) is 0 Å². The number of fused-ring (bicyclic) bond motifs is 2. The highest BCUT2D eigenvalue weighted by Gasteiger charge is 2.40. The van der Waals surface area contributed by atoms with Crippen molar-refractivity contribution in [3.05, 3.63) is 64.9 Å². The Morgan fingerprint density at radius 3 is 2.87 bits per heavy atom. The van der Waals surface area contributed by atoms with Crippen molar-refractivity contribution in [3.63, 3.8) is 0 Å². The molecule has 2 amide bonds. The normalized spacial score (nSPS) is 21.3. The molecule has 0 N–H and O–H groups in total. The van der Waals surface area contributed by atoms with E-state index in [2.05, 4.69) is 25.9 Å².